The van der Waals surface area contributed by atoms with Crippen LogP contribution in [0.2, 0.25) is 0 Å². The summed E-state index contributed by atoms with van der Waals surface area (Å²) in [6.45, 7) is 5.11. The number of aryl methyl sites for hydroxylation is 2. The Kier molecular flexibility index (Phi) is 4.47. The molecule has 8 heteroatoms. The van der Waals surface area contributed by atoms with Gasteiger partial charge in [-0.15, -0.1) is 0 Å². The molecule has 3 heterocycles. The van der Waals surface area contributed by atoms with Gasteiger partial charge in [0.1, 0.15) is 17.2 Å². The maximum atomic E-state index is 13.5. The molecule has 1 fully saturated rings. The van der Waals surface area contributed by atoms with E-state index in [0.717, 1.165) is 23.5 Å². The van der Waals surface area contributed by atoms with Gasteiger partial charge in [0.15, 0.2) is 5.65 Å². The number of pyridine rings is 1. The number of aromatic nitrogens is 3. The van der Waals surface area contributed by atoms with Crippen molar-refractivity contribution in [1.29, 1.82) is 0 Å². The fraction of sp³-hybridized carbons (Fsp3) is 0.368. The first-order valence-corrected chi connectivity index (χ1v) is 10.4. The molecule has 1 aliphatic rings. The molecule has 2 aromatic heterocycles. The standard InChI is InChI=1S/C19H21FN4O2S/c1-3-24-18(22-17-5-4-9-21-19(17)24)14-8-10-23(12-14)27(25,26)15-6-7-16(20)13(2)11-15/h4-7,9,11,14H,3,8,10,12H2,1-2H3/t14-/m1/s1. The molecular weight excluding hydrogens is 367 g/mol. The smallest absolute Gasteiger partial charge is 0.243 e. The second-order valence-electron chi connectivity index (χ2n) is 6.82. The highest BCUT2D eigenvalue weighted by molar-refractivity contribution is 7.89. The van der Waals surface area contributed by atoms with E-state index < -0.39 is 15.8 Å². The summed E-state index contributed by atoms with van der Waals surface area (Å²) < 4.78 is 43.0. The molecule has 1 aliphatic heterocycles. The van der Waals surface area contributed by atoms with E-state index in [1.165, 1.54) is 22.5 Å². The Balaban J connectivity index is 1.64. The van der Waals surface area contributed by atoms with Crippen molar-refractivity contribution in [2.24, 2.45) is 0 Å². The van der Waals surface area contributed by atoms with E-state index in [2.05, 4.69) is 9.55 Å². The van der Waals surface area contributed by atoms with Crippen molar-refractivity contribution in [3.63, 3.8) is 0 Å². The topological polar surface area (TPSA) is 68.1 Å². The number of hydrogen-bond acceptors (Lipinski definition) is 4. The highest BCUT2D eigenvalue weighted by Gasteiger charge is 2.35. The third kappa shape index (κ3) is 3.02. The quantitative estimate of drug-likeness (QED) is 0.689. The molecule has 0 spiro atoms. The van der Waals surface area contributed by atoms with Gasteiger partial charge < -0.3 is 4.57 Å². The van der Waals surface area contributed by atoms with Gasteiger partial charge in [0.05, 0.1) is 4.90 Å². The molecule has 1 saturated heterocycles. The molecule has 1 atom stereocenters. The van der Waals surface area contributed by atoms with Gasteiger partial charge in [-0.3, -0.25) is 0 Å². The summed E-state index contributed by atoms with van der Waals surface area (Å²) in [7, 11) is -3.65. The zero-order valence-electron chi connectivity index (χ0n) is 15.3. The predicted molar refractivity (Wildman–Crippen MR) is 100 cm³/mol. The largest absolute Gasteiger partial charge is 0.313 e. The molecule has 4 rings (SSSR count). The fourth-order valence-corrected chi connectivity index (χ4v) is 5.27. The van der Waals surface area contributed by atoms with E-state index in [0.29, 0.717) is 25.1 Å². The van der Waals surface area contributed by atoms with Crippen LogP contribution in [0, 0.1) is 12.7 Å². The Morgan fingerprint density at radius 3 is 2.85 bits per heavy atom. The number of nitrogens with zero attached hydrogens (tertiary/aromatic N) is 4. The SMILES string of the molecule is CCn1c([C@@H]2CCN(S(=O)(=O)c3ccc(F)c(C)c3)C2)nc2cccnc21. The minimum absolute atomic E-state index is 0.00969. The van der Waals surface area contributed by atoms with E-state index in [1.54, 1.807) is 13.1 Å². The minimum Gasteiger partial charge on any atom is -0.313 e. The van der Waals surface area contributed by atoms with Gasteiger partial charge in [0, 0.05) is 31.7 Å². The molecule has 0 N–H and O–H groups in total. The van der Waals surface area contributed by atoms with E-state index in [4.69, 9.17) is 4.98 Å². The van der Waals surface area contributed by atoms with Gasteiger partial charge in [-0.1, -0.05) is 0 Å². The van der Waals surface area contributed by atoms with Gasteiger partial charge in [0.2, 0.25) is 10.0 Å². The molecular formula is C19H21FN4O2S. The number of fused-ring (bicyclic) bond motifs is 1. The van der Waals surface area contributed by atoms with Crippen molar-refractivity contribution in [1.82, 2.24) is 18.8 Å². The third-order valence-corrected chi connectivity index (χ3v) is 6.99. The zero-order chi connectivity index (χ0) is 19.2. The summed E-state index contributed by atoms with van der Waals surface area (Å²) in [5.74, 6) is 0.479. The summed E-state index contributed by atoms with van der Waals surface area (Å²) in [6, 6.07) is 7.70. The minimum atomic E-state index is -3.65. The zero-order valence-corrected chi connectivity index (χ0v) is 16.1. The normalized spacial score (nSPS) is 18.4. The molecule has 0 unspecified atom stereocenters. The molecule has 0 amide bonds. The van der Waals surface area contributed by atoms with E-state index in [9.17, 15) is 12.8 Å². The van der Waals surface area contributed by atoms with Gasteiger partial charge in [-0.25, -0.2) is 22.8 Å². The lowest BCUT2D eigenvalue weighted by Gasteiger charge is -2.17. The first kappa shape index (κ1) is 18.1. The Morgan fingerprint density at radius 1 is 1.30 bits per heavy atom. The van der Waals surface area contributed by atoms with E-state index in [1.807, 2.05) is 19.1 Å². The third-order valence-electron chi connectivity index (χ3n) is 5.13. The molecule has 0 radical (unpaired) electrons. The average molecular weight is 388 g/mol. The van der Waals surface area contributed by atoms with Crippen LogP contribution in [0.4, 0.5) is 4.39 Å². The van der Waals surface area contributed by atoms with Crippen molar-refractivity contribution in [3.8, 4) is 0 Å². The number of hydrogen-bond donors (Lipinski definition) is 0. The van der Waals surface area contributed by atoms with E-state index in [-0.39, 0.29) is 10.8 Å². The van der Waals surface area contributed by atoms with Crippen LogP contribution in [-0.4, -0.2) is 40.3 Å². The van der Waals surface area contributed by atoms with Crippen LogP contribution in [0.3, 0.4) is 0 Å². The Labute approximate surface area is 157 Å². The summed E-state index contributed by atoms with van der Waals surface area (Å²) in [5, 5.41) is 0. The monoisotopic (exact) mass is 388 g/mol. The first-order valence-electron chi connectivity index (χ1n) is 8.99. The summed E-state index contributed by atoms with van der Waals surface area (Å²) in [4.78, 5) is 9.25. The number of halogens is 1. The number of sulfonamides is 1. The van der Waals surface area contributed by atoms with Crippen molar-refractivity contribution < 1.29 is 12.8 Å². The highest BCUT2D eigenvalue weighted by atomic mass is 32.2. The van der Waals surface area contributed by atoms with Crippen LogP contribution in [0.5, 0.6) is 0 Å². The van der Waals surface area contributed by atoms with Gasteiger partial charge >= 0.3 is 0 Å². The summed E-state index contributed by atoms with van der Waals surface area (Å²) >= 11 is 0. The lowest BCUT2D eigenvalue weighted by Crippen LogP contribution is -2.29. The van der Waals surface area contributed by atoms with E-state index >= 15 is 0 Å². The first-order chi connectivity index (χ1) is 12.9. The van der Waals surface area contributed by atoms with Gasteiger partial charge in [0.25, 0.3) is 0 Å². The Bertz CT molecular complexity index is 1110. The molecule has 1 aromatic carbocycles. The number of imidazole rings is 1. The number of rotatable bonds is 4. The molecule has 3 aromatic rings. The van der Waals surface area contributed by atoms with Crippen LogP contribution in [0.15, 0.2) is 41.4 Å². The molecule has 6 nitrogen and oxygen atoms in total. The van der Waals surface area contributed by atoms with Crippen LogP contribution >= 0.6 is 0 Å². The predicted octanol–water partition coefficient (Wildman–Crippen LogP) is 3.08. The Hall–Kier alpha value is -2.32. The van der Waals surface area contributed by atoms with Crippen molar-refractivity contribution >= 4 is 21.2 Å². The van der Waals surface area contributed by atoms with Crippen molar-refractivity contribution in [3.05, 3.63) is 53.7 Å². The highest BCUT2D eigenvalue weighted by Crippen LogP contribution is 2.32. The van der Waals surface area contributed by atoms with Crippen molar-refractivity contribution in [2.45, 2.75) is 37.6 Å². The van der Waals surface area contributed by atoms with Crippen molar-refractivity contribution in [2.75, 3.05) is 13.1 Å². The average Bonchev–Trinajstić information content (AvgIpc) is 3.28. The summed E-state index contributed by atoms with van der Waals surface area (Å²) in [5.41, 5.74) is 1.97. The maximum Gasteiger partial charge on any atom is 0.243 e. The van der Waals surface area contributed by atoms with Crippen LogP contribution < -0.4 is 0 Å². The molecule has 27 heavy (non-hydrogen) atoms. The summed E-state index contributed by atoms with van der Waals surface area (Å²) in [6.07, 6.45) is 2.44. The second kappa shape index (κ2) is 6.69. The molecule has 0 saturated carbocycles. The fourth-order valence-electron chi connectivity index (χ4n) is 3.68. The van der Waals surface area contributed by atoms with Crippen LogP contribution in [0.25, 0.3) is 11.2 Å². The lowest BCUT2D eigenvalue weighted by atomic mass is 10.1. The molecule has 0 bridgehead atoms. The molecule has 0 aliphatic carbocycles. The maximum absolute atomic E-state index is 13.5. The van der Waals surface area contributed by atoms with Crippen LogP contribution in [-0.2, 0) is 16.6 Å². The van der Waals surface area contributed by atoms with Crippen LogP contribution in [0.1, 0.15) is 30.7 Å². The van der Waals surface area contributed by atoms with Gasteiger partial charge in [-0.2, -0.15) is 4.31 Å². The lowest BCUT2D eigenvalue weighted by molar-refractivity contribution is 0.469. The Morgan fingerprint density at radius 2 is 2.11 bits per heavy atom. The van der Waals surface area contributed by atoms with Gasteiger partial charge in [-0.05, 0) is 56.2 Å². The molecule has 142 valence electrons. The number of benzene rings is 1. The second-order valence-corrected chi connectivity index (χ2v) is 8.76.